The third-order valence-electron chi connectivity index (χ3n) is 6.90. The van der Waals surface area contributed by atoms with Gasteiger partial charge in [-0.15, -0.1) is 0 Å². The molecule has 0 saturated carbocycles. The molecule has 166 valence electrons. The number of rotatable bonds is 3. The number of hydrogen-bond acceptors (Lipinski definition) is 3. The second kappa shape index (κ2) is 8.41. The molecule has 1 aliphatic carbocycles. The topological polar surface area (TPSA) is 78.1 Å². The van der Waals surface area contributed by atoms with Crippen molar-refractivity contribution in [1.29, 1.82) is 0 Å². The molecule has 32 heavy (non-hydrogen) atoms. The van der Waals surface area contributed by atoms with Gasteiger partial charge in [-0.3, -0.25) is 9.59 Å². The van der Waals surface area contributed by atoms with Gasteiger partial charge in [0.05, 0.1) is 5.92 Å². The van der Waals surface area contributed by atoms with Gasteiger partial charge >= 0.3 is 0 Å². The second-order valence-electron chi connectivity index (χ2n) is 9.43. The maximum atomic E-state index is 13.3. The summed E-state index contributed by atoms with van der Waals surface area (Å²) < 4.78 is 0. The molecule has 3 aromatic rings. The van der Waals surface area contributed by atoms with E-state index in [4.69, 9.17) is 0 Å². The predicted molar refractivity (Wildman–Crippen MR) is 126 cm³/mol. The van der Waals surface area contributed by atoms with Gasteiger partial charge in [-0.2, -0.15) is 0 Å². The first-order valence-electron chi connectivity index (χ1n) is 11.6. The molecular weight excluding hydrogens is 400 g/mol. The van der Waals surface area contributed by atoms with Gasteiger partial charge in [-0.05, 0) is 80.8 Å². The van der Waals surface area contributed by atoms with Crippen LogP contribution in [0.4, 0.5) is 5.82 Å². The number of aryl methyl sites for hydroxylation is 2. The van der Waals surface area contributed by atoms with Crippen molar-refractivity contribution in [3.8, 4) is 0 Å². The monoisotopic (exact) mass is 430 g/mol. The SMILES string of the molecule is Cc1cccc(NC(=O)C2CCCN(C(=O)c3ccc4[nH]c5c(c4c3)CC(C)CC5)C2)n1. The molecule has 0 spiro atoms. The number of aromatic amines is 1. The summed E-state index contributed by atoms with van der Waals surface area (Å²) in [5, 5.41) is 4.09. The summed E-state index contributed by atoms with van der Waals surface area (Å²) in [7, 11) is 0. The summed E-state index contributed by atoms with van der Waals surface area (Å²) in [4.78, 5) is 35.9. The minimum Gasteiger partial charge on any atom is -0.358 e. The standard InChI is InChI=1S/C26H30N4O2/c1-16-8-10-22-20(13-16)21-14-18(9-11-23(21)28-22)26(32)30-12-4-6-19(15-30)25(31)29-24-7-3-5-17(2)27-24/h3,5,7,9,11,14,16,19,28H,4,6,8,10,12-13,15H2,1-2H3,(H,27,29,31). The molecule has 2 amide bonds. The number of nitrogens with one attached hydrogen (secondary N) is 2. The van der Waals surface area contributed by atoms with E-state index in [1.165, 1.54) is 23.1 Å². The highest BCUT2D eigenvalue weighted by Crippen LogP contribution is 2.32. The summed E-state index contributed by atoms with van der Waals surface area (Å²) in [6.07, 6.45) is 4.95. The van der Waals surface area contributed by atoms with Crippen molar-refractivity contribution in [2.45, 2.75) is 46.0 Å². The normalized spacial score (nSPS) is 20.8. The van der Waals surface area contributed by atoms with Gasteiger partial charge < -0.3 is 15.2 Å². The van der Waals surface area contributed by atoms with Crippen LogP contribution in [0.25, 0.3) is 10.9 Å². The Labute approximate surface area is 188 Å². The summed E-state index contributed by atoms with van der Waals surface area (Å²) in [6, 6.07) is 11.6. The molecule has 6 nitrogen and oxygen atoms in total. The van der Waals surface area contributed by atoms with Crippen molar-refractivity contribution in [2.75, 3.05) is 18.4 Å². The Morgan fingerprint density at radius 3 is 2.91 bits per heavy atom. The number of H-pyrrole nitrogens is 1. The number of carbonyl (C=O) groups excluding carboxylic acids is 2. The summed E-state index contributed by atoms with van der Waals surface area (Å²) in [5.41, 5.74) is 5.37. The third-order valence-corrected chi connectivity index (χ3v) is 6.90. The number of anilines is 1. The van der Waals surface area contributed by atoms with Crippen molar-refractivity contribution in [1.82, 2.24) is 14.9 Å². The van der Waals surface area contributed by atoms with E-state index in [2.05, 4.69) is 22.2 Å². The van der Waals surface area contributed by atoms with Crippen molar-refractivity contribution in [3.63, 3.8) is 0 Å². The number of carbonyl (C=O) groups is 2. The van der Waals surface area contributed by atoms with Crippen molar-refractivity contribution < 1.29 is 9.59 Å². The highest BCUT2D eigenvalue weighted by atomic mass is 16.2. The van der Waals surface area contributed by atoms with Gasteiger partial charge in [-0.25, -0.2) is 4.98 Å². The maximum Gasteiger partial charge on any atom is 0.253 e. The molecule has 2 aromatic heterocycles. The fraction of sp³-hybridized carbons (Fsp3) is 0.423. The first kappa shape index (κ1) is 20.7. The van der Waals surface area contributed by atoms with Crippen LogP contribution >= 0.6 is 0 Å². The van der Waals surface area contributed by atoms with E-state index in [9.17, 15) is 9.59 Å². The fourth-order valence-electron chi connectivity index (χ4n) is 5.12. The lowest BCUT2D eigenvalue weighted by atomic mass is 9.87. The molecule has 5 rings (SSSR count). The van der Waals surface area contributed by atoms with Crippen molar-refractivity contribution >= 4 is 28.5 Å². The first-order valence-corrected chi connectivity index (χ1v) is 11.6. The molecule has 0 radical (unpaired) electrons. The Balaban J connectivity index is 1.32. The highest BCUT2D eigenvalue weighted by Gasteiger charge is 2.30. The lowest BCUT2D eigenvalue weighted by Crippen LogP contribution is -2.43. The van der Waals surface area contributed by atoms with Crippen LogP contribution in [-0.2, 0) is 17.6 Å². The average molecular weight is 431 g/mol. The Morgan fingerprint density at radius 2 is 2.06 bits per heavy atom. The van der Waals surface area contributed by atoms with Crippen LogP contribution < -0.4 is 5.32 Å². The van der Waals surface area contributed by atoms with Crippen LogP contribution in [0.5, 0.6) is 0 Å². The molecule has 1 aliphatic heterocycles. The van der Waals surface area contributed by atoms with E-state index in [1.54, 1.807) is 6.07 Å². The minimum absolute atomic E-state index is 0.0110. The molecule has 1 aromatic carbocycles. The van der Waals surface area contributed by atoms with E-state index in [1.807, 2.05) is 42.2 Å². The summed E-state index contributed by atoms with van der Waals surface area (Å²) >= 11 is 0. The van der Waals surface area contributed by atoms with Crippen molar-refractivity contribution in [3.05, 3.63) is 58.9 Å². The second-order valence-corrected chi connectivity index (χ2v) is 9.43. The molecule has 2 aliphatic rings. The molecule has 0 bridgehead atoms. The number of fused-ring (bicyclic) bond motifs is 3. The Hall–Kier alpha value is -3.15. The number of nitrogens with zero attached hydrogens (tertiary/aromatic N) is 2. The van der Waals surface area contributed by atoms with Gasteiger partial charge in [0.1, 0.15) is 5.82 Å². The predicted octanol–water partition coefficient (Wildman–Crippen LogP) is 4.49. The Bertz CT molecular complexity index is 1180. The lowest BCUT2D eigenvalue weighted by Gasteiger charge is -2.32. The van der Waals surface area contributed by atoms with E-state index in [-0.39, 0.29) is 17.7 Å². The van der Waals surface area contributed by atoms with Crippen LogP contribution in [0.1, 0.15) is 53.5 Å². The average Bonchev–Trinajstić information content (AvgIpc) is 3.16. The van der Waals surface area contributed by atoms with Gasteiger partial charge in [0.25, 0.3) is 5.91 Å². The number of aromatic nitrogens is 2. The summed E-state index contributed by atoms with van der Waals surface area (Å²) in [5.74, 6) is 0.960. The number of amides is 2. The quantitative estimate of drug-likeness (QED) is 0.643. The van der Waals surface area contributed by atoms with Crippen molar-refractivity contribution in [2.24, 2.45) is 11.8 Å². The number of likely N-dealkylation sites (tertiary alicyclic amines) is 1. The van der Waals surface area contributed by atoms with Crippen LogP contribution in [0.15, 0.2) is 36.4 Å². The zero-order valence-electron chi connectivity index (χ0n) is 18.8. The molecule has 3 heterocycles. The lowest BCUT2D eigenvalue weighted by molar-refractivity contribution is -0.121. The summed E-state index contributed by atoms with van der Waals surface area (Å²) in [6.45, 7) is 5.32. The Morgan fingerprint density at radius 1 is 1.19 bits per heavy atom. The van der Waals surface area contributed by atoms with Gasteiger partial charge in [0, 0.05) is 40.9 Å². The van der Waals surface area contributed by atoms with E-state index in [0.717, 1.165) is 36.9 Å². The minimum atomic E-state index is -0.223. The van der Waals surface area contributed by atoms with E-state index in [0.29, 0.717) is 30.4 Å². The van der Waals surface area contributed by atoms with Crippen LogP contribution in [0.3, 0.4) is 0 Å². The number of piperidine rings is 1. The number of hydrogen-bond donors (Lipinski definition) is 2. The van der Waals surface area contributed by atoms with Gasteiger partial charge in [0.15, 0.2) is 0 Å². The zero-order chi connectivity index (χ0) is 22.2. The molecule has 1 fully saturated rings. The molecule has 2 unspecified atom stereocenters. The number of benzene rings is 1. The smallest absolute Gasteiger partial charge is 0.253 e. The van der Waals surface area contributed by atoms with Crippen LogP contribution in [0.2, 0.25) is 0 Å². The molecular formula is C26H30N4O2. The highest BCUT2D eigenvalue weighted by molar-refractivity contribution is 6.00. The molecule has 1 saturated heterocycles. The van der Waals surface area contributed by atoms with E-state index >= 15 is 0 Å². The van der Waals surface area contributed by atoms with Gasteiger partial charge in [0.2, 0.25) is 5.91 Å². The number of pyridine rings is 1. The molecule has 2 atom stereocenters. The third kappa shape index (κ3) is 4.01. The Kier molecular flexibility index (Phi) is 5.45. The zero-order valence-corrected chi connectivity index (χ0v) is 18.8. The molecule has 2 N–H and O–H groups in total. The van der Waals surface area contributed by atoms with Gasteiger partial charge in [-0.1, -0.05) is 13.0 Å². The van der Waals surface area contributed by atoms with Crippen LogP contribution in [0, 0.1) is 18.8 Å². The first-order chi connectivity index (χ1) is 15.5. The van der Waals surface area contributed by atoms with Crippen LogP contribution in [-0.4, -0.2) is 39.8 Å². The maximum absolute atomic E-state index is 13.3. The largest absolute Gasteiger partial charge is 0.358 e. The fourth-order valence-corrected chi connectivity index (χ4v) is 5.12. The molecule has 6 heteroatoms. The van der Waals surface area contributed by atoms with E-state index < -0.39 is 0 Å².